The second-order valence-electron chi connectivity index (χ2n) is 7.71. The fourth-order valence-corrected chi connectivity index (χ4v) is 4.06. The Balaban J connectivity index is 1.46. The zero-order valence-electron chi connectivity index (χ0n) is 17.2. The molecule has 6 heteroatoms. The number of aromatic nitrogens is 1. The first-order chi connectivity index (χ1) is 14.5. The molecule has 4 rings (SSSR count). The van der Waals surface area contributed by atoms with E-state index >= 15 is 0 Å². The van der Waals surface area contributed by atoms with Crippen LogP contribution in [-0.4, -0.2) is 40.7 Å². The van der Waals surface area contributed by atoms with Gasteiger partial charge in [-0.25, -0.2) is 4.79 Å². The lowest BCUT2D eigenvalue weighted by molar-refractivity contribution is 0.0472. The van der Waals surface area contributed by atoms with Crippen molar-refractivity contribution >= 4 is 22.5 Å². The van der Waals surface area contributed by atoms with E-state index in [1.165, 1.54) is 6.07 Å². The predicted molar refractivity (Wildman–Crippen MR) is 113 cm³/mol. The third-order valence-corrected chi connectivity index (χ3v) is 5.74. The molecule has 1 aliphatic heterocycles. The summed E-state index contributed by atoms with van der Waals surface area (Å²) in [5.74, 6) is -1.13. The summed E-state index contributed by atoms with van der Waals surface area (Å²) in [5.41, 5.74) is 2.41. The number of rotatable bonds is 6. The summed E-state index contributed by atoms with van der Waals surface area (Å²) in [6.07, 6.45) is 2.26. The van der Waals surface area contributed by atoms with Crippen LogP contribution in [0.2, 0.25) is 0 Å². The molecule has 30 heavy (non-hydrogen) atoms. The van der Waals surface area contributed by atoms with Crippen molar-refractivity contribution < 1.29 is 24.2 Å². The van der Waals surface area contributed by atoms with Crippen LogP contribution in [0, 0.1) is 13.8 Å². The number of ketones is 1. The van der Waals surface area contributed by atoms with Crippen LogP contribution < -0.4 is 0 Å². The van der Waals surface area contributed by atoms with Gasteiger partial charge in [0, 0.05) is 35.5 Å². The molecule has 3 aromatic rings. The van der Waals surface area contributed by atoms with Gasteiger partial charge in [0.25, 0.3) is 0 Å². The van der Waals surface area contributed by atoms with E-state index in [2.05, 4.69) is 4.57 Å². The van der Waals surface area contributed by atoms with Crippen molar-refractivity contribution in [3.63, 3.8) is 0 Å². The Bertz CT molecular complexity index is 1110. The number of fused-ring (bicyclic) bond motifs is 1. The van der Waals surface area contributed by atoms with Gasteiger partial charge in [-0.3, -0.25) is 4.79 Å². The molecule has 2 aromatic carbocycles. The summed E-state index contributed by atoms with van der Waals surface area (Å²) < 4.78 is 13.0. The first-order valence-electron chi connectivity index (χ1n) is 10.1. The second kappa shape index (κ2) is 8.32. The molecule has 0 amide bonds. The minimum Gasteiger partial charge on any atom is -0.506 e. The highest BCUT2D eigenvalue weighted by molar-refractivity contribution is 6.03. The van der Waals surface area contributed by atoms with Gasteiger partial charge >= 0.3 is 5.97 Å². The number of hydrogen-bond donors (Lipinski definition) is 1. The van der Waals surface area contributed by atoms with Crippen LogP contribution in [0.5, 0.6) is 5.75 Å². The quantitative estimate of drug-likeness (QED) is 0.490. The maximum absolute atomic E-state index is 12.7. The molecular weight excluding hydrogens is 382 g/mol. The monoisotopic (exact) mass is 407 g/mol. The van der Waals surface area contributed by atoms with Crippen molar-refractivity contribution in [3.8, 4) is 5.75 Å². The van der Waals surface area contributed by atoms with Gasteiger partial charge in [0.1, 0.15) is 11.3 Å². The fraction of sp³-hybridized carbons (Fsp3) is 0.333. The van der Waals surface area contributed by atoms with Crippen LogP contribution in [0.3, 0.4) is 0 Å². The third kappa shape index (κ3) is 3.83. The summed E-state index contributed by atoms with van der Waals surface area (Å²) >= 11 is 0. The molecule has 0 saturated carbocycles. The maximum atomic E-state index is 12.7. The van der Waals surface area contributed by atoms with Crippen molar-refractivity contribution in [2.75, 3.05) is 13.2 Å². The molecule has 1 aliphatic rings. The normalized spacial score (nSPS) is 16.1. The standard InChI is InChI=1S/C24H25NO5/c1-15-12-21(16(2)25(15)13-18-7-5-11-29-18)22(26)14-30-24(28)20-10-9-17-6-3-4-8-19(17)23(20)27/h3-4,6,8-10,12,18,27H,5,7,11,13-14H2,1-2H3/t18-/m0/s1. The molecule has 0 bridgehead atoms. The molecule has 6 nitrogen and oxygen atoms in total. The van der Waals surface area contributed by atoms with Crippen molar-refractivity contribution in [1.82, 2.24) is 4.57 Å². The van der Waals surface area contributed by atoms with E-state index in [0.717, 1.165) is 42.8 Å². The minimum atomic E-state index is -0.722. The number of nitrogens with zero attached hydrogens (tertiary/aromatic N) is 1. The number of carbonyl (C=O) groups excluding carboxylic acids is 2. The Labute approximate surface area is 175 Å². The lowest BCUT2D eigenvalue weighted by Crippen LogP contribution is -2.18. The zero-order valence-corrected chi connectivity index (χ0v) is 17.2. The first kappa shape index (κ1) is 20.2. The number of carbonyl (C=O) groups is 2. The van der Waals surface area contributed by atoms with Crippen molar-refractivity contribution in [3.05, 3.63) is 65.0 Å². The Morgan fingerprint density at radius 2 is 1.97 bits per heavy atom. The van der Waals surface area contributed by atoms with Gasteiger partial charge in [-0.2, -0.15) is 0 Å². The number of esters is 1. The van der Waals surface area contributed by atoms with Crippen LogP contribution in [0.4, 0.5) is 0 Å². The number of hydrogen-bond acceptors (Lipinski definition) is 5. The topological polar surface area (TPSA) is 77.8 Å². The number of benzene rings is 2. The molecule has 1 saturated heterocycles. The van der Waals surface area contributed by atoms with E-state index in [-0.39, 0.29) is 29.8 Å². The Kier molecular flexibility index (Phi) is 5.59. The molecule has 2 heterocycles. The first-order valence-corrected chi connectivity index (χ1v) is 10.1. The molecular formula is C24H25NO5. The van der Waals surface area contributed by atoms with Gasteiger partial charge in [-0.1, -0.05) is 30.3 Å². The number of phenols is 1. The summed E-state index contributed by atoms with van der Waals surface area (Å²) in [6.45, 7) is 4.97. The van der Waals surface area contributed by atoms with Crippen molar-refractivity contribution in [2.45, 2.75) is 39.3 Å². The minimum absolute atomic E-state index is 0.0466. The summed E-state index contributed by atoms with van der Waals surface area (Å²) in [7, 11) is 0. The molecule has 1 atom stereocenters. The van der Waals surface area contributed by atoms with Gasteiger partial charge in [-0.15, -0.1) is 0 Å². The van der Waals surface area contributed by atoms with Crippen LogP contribution in [0.25, 0.3) is 10.8 Å². The molecule has 1 N–H and O–H groups in total. The number of phenolic OH excluding ortho intramolecular Hbond substituents is 1. The molecule has 0 aliphatic carbocycles. The lowest BCUT2D eigenvalue weighted by Gasteiger charge is -2.14. The lowest BCUT2D eigenvalue weighted by atomic mass is 10.1. The highest BCUT2D eigenvalue weighted by atomic mass is 16.5. The van der Waals surface area contributed by atoms with Crippen LogP contribution in [-0.2, 0) is 16.0 Å². The second-order valence-corrected chi connectivity index (χ2v) is 7.71. The third-order valence-electron chi connectivity index (χ3n) is 5.74. The van der Waals surface area contributed by atoms with Gasteiger partial charge in [0.05, 0.1) is 6.10 Å². The number of aromatic hydroxyl groups is 1. The fourth-order valence-electron chi connectivity index (χ4n) is 4.06. The average Bonchev–Trinajstić information content (AvgIpc) is 3.36. The van der Waals surface area contributed by atoms with E-state index in [1.807, 2.05) is 32.0 Å². The molecule has 1 aromatic heterocycles. The molecule has 0 unspecified atom stereocenters. The predicted octanol–water partition coefficient (Wildman–Crippen LogP) is 4.18. The molecule has 156 valence electrons. The van der Waals surface area contributed by atoms with Crippen LogP contribution in [0.1, 0.15) is 44.9 Å². The van der Waals surface area contributed by atoms with Crippen LogP contribution >= 0.6 is 0 Å². The van der Waals surface area contributed by atoms with Gasteiger partial charge in [0.2, 0.25) is 5.78 Å². The Morgan fingerprint density at radius 1 is 1.17 bits per heavy atom. The SMILES string of the molecule is Cc1cc(C(=O)COC(=O)c2ccc3ccccc3c2O)c(C)n1C[C@@H]1CCCO1. The summed E-state index contributed by atoms with van der Waals surface area (Å²) in [5, 5.41) is 11.8. The van der Waals surface area contributed by atoms with Crippen molar-refractivity contribution in [1.29, 1.82) is 0 Å². The van der Waals surface area contributed by atoms with E-state index < -0.39 is 5.97 Å². The van der Waals surface area contributed by atoms with E-state index in [9.17, 15) is 14.7 Å². The molecule has 0 spiro atoms. The van der Waals surface area contributed by atoms with Gasteiger partial charge < -0.3 is 19.1 Å². The zero-order chi connectivity index (χ0) is 21.3. The maximum Gasteiger partial charge on any atom is 0.342 e. The van der Waals surface area contributed by atoms with E-state index in [1.54, 1.807) is 18.2 Å². The highest BCUT2D eigenvalue weighted by Crippen LogP contribution is 2.29. The highest BCUT2D eigenvalue weighted by Gasteiger charge is 2.22. The Morgan fingerprint density at radius 3 is 2.73 bits per heavy atom. The Hall–Kier alpha value is -3.12. The van der Waals surface area contributed by atoms with Crippen molar-refractivity contribution in [2.24, 2.45) is 0 Å². The number of aryl methyl sites for hydroxylation is 1. The largest absolute Gasteiger partial charge is 0.506 e. The summed E-state index contributed by atoms with van der Waals surface area (Å²) in [4.78, 5) is 25.2. The van der Waals surface area contributed by atoms with Crippen LogP contribution in [0.15, 0.2) is 42.5 Å². The number of Topliss-reactive ketones (excluding diaryl/α,β-unsaturated/α-hetero) is 1. The van der Waals surface area contributed by atoms with Gasteiger partial charge in [0.15, 0.2) is 6.61 Å². The molecule has 1 fully saturated rings. The van der Waals surface area contributed by atoms with Gasteiger partial charge in [-0.05, 0) is 44.2 Å². The van der Waals surface area contributed by atoms with E-state index in [4.69, 9.17) is 9.47 Å². The number of ether oxygens (including phenoxy) is 2. The smallest absolute Gasteiger partial charge is 0.342 e. The molecule has 0 radical (unpaired) electrons. The van der Waals surface area contributed by atoms with E-state index in [0.29, 0.717) is 10.9 Å². The average molecular weight is 407 g/mol. The summed E-state index contributed by atoms with van der Waals surface area (Å²) in [6, 6.07) is 12.3.